The van der Waals surface area contributed by atoms with Gasteiger partial charge in [0.25, 0.3) is 5.91 Å². The molecule has 0 saturated heterocycles. The highest BCUT2D eigenvalue weighted by Crippen LogP contribution is 2.22. The van der Waals surface area contributed by atoms with Crippen LogP contribution in [-0.4, -0.2) is 18.5 Å². The molecule has 0 radical (unpaired) electrons. The van der Waals surface area contributed by atoms with Crippen LogP contribution in [0, 0.1) is 0 Å². The Labute approximate surface area is 102 Å². The number of primary amides is 1. The van der Waals surface area contributed by atoms with Crippen LogP contribution in [0.4, 0.5) is 0 Å². The van der Waals surface area contributed by atoms with Gasteiger partial charge in [0.1, 0.15) is 0 Å². The van der Waals surface area contributed by atoms with Crippen LogP contribution in [0.3, 0.4) is 0 Å². The van der Waals surface area contributed by atoms with Crippen molar-refractivity contribution in [1.29, 1.82) is 0 Å². The van der Waals surface area contributed by atoms with Crippen molar-refractivity contribution in [2.75, 3.05) is 6.61 Å². The summed E-state index contributed by atoms with van der Waals surface area (Å²) in [6.45, 7) is -0.417. The normalized spacial score (nSPS) is 9.88. The molecular weight excluding hydrogens is 253 g/mol. The van der Waals surface area contributed by atoms with Gasteiger partial charge >= 0.3 is 5.97 Å². The van der Waals surface area contributed by atoms with Gasteiger partial charge in [-0.1, -0.05) is 29.3 Å². The largest absolute Gasteiger partial charge is 0.455 e. The predicted octanol–water partition coefficient (Wildman–Crippen LogP) is 1.56. The van der Waals surface area contributed by atoms with E-state index < -0.39 is 18.5 Å². The number of hydrogen-bond donors (Lipinski definition) is 1. The number of ether oxygens (including phenoxy) is 1. The Bertz CT molecular complexity index is 421. The summed E-state index contributed by atoms with van der Waals surface area (Å²) in [7, 11) is 0. The van der Waals surface area contributed by atoms with Gasteiger partial charge in [0.2, 0.25) is 0 Å². The first-order chi connectivity index (χ1) is 7.49. The summed E-state index contributed by atoms with van der Waals surface area (Å²) in [6, 6.07) is 4.80. The van der Waals surface area contributed by atoms with Gasteiger partial charge in [0.15, 0.2) is 6.61 Å². The highest BCUT2D eigenvalue weighted by Gasteiger charge is 2.07. The molecule has 1 aromatic rings. The second kappa shape index (κ2) is 5.72. The van der Waals surface area contributed by atoms with Crippen LogP contribution in [0.1, 0.15) is 5.56 Å². The van der Waals surface area contributed by atoms with Crippen molar-refractivity contribution in [3.63, 3.8) is 0 Å². The minimum Gasteiger partial charge on any atom is -0.455 e. The molecule has 1 rings (SSSR count). The summed E-state index contributed by atoms with van der Waals surface area (Å²) in [6.07, 6.45) is 0.0180. The van der Waals surface area contributed by atoms with Crippen molar-refractivity contribution in [2.45, 2.75) is 6.42 Å². The van der Waals surface area contributed by atoms with E-state index in [1.807, 2.05) is 0 Å². The Hall–Kier alpha value is -1.26. The van der Waals surface area contributed by atoms with Crippen molar-refractivity contribution in [1.82, 2.24) is 0 Å². The third kappa shape index (κ3) is 4.08. The number of carbonyl (C=O) groups is 2. The third-order valence-corrected chi connectivity index (χ3v) is 2.45. The van der Waals surface area contributed by atoms with Crippen molar-refractivity contribution < 1.29 is 14.3 Å². The lowest BCUT2D eigenvalue weighted by Crippen LogP contribution is -2.21. The number of nitrogens with two attached hydrogens (primary N) is 1. The number of amides is 1. The summed E-state index contributed by atoms with van der Waals surface area (Å²) in [4.78, 5) is 21.6. The van der Waals surface area contributed by atoms with Crippen LogP contribution >= 0.6 is 23.2 Å². The van der Waals surface area contributed by atoms with E-state index in [4.69, 9.17) is 28.9 Å². The summed E-state index contributed by atoms with van der Waals surface area (Å²) >= 11 is 11.5. The molecule has 2 N–H and O–H groups in total. The number of benzene rings is 1. The Morgan fingerprint density at radius 2 is 1.94 bits per heavy atom. The van der Waals surface area contributed by atoms with Gasteiger partial charge in [-0.25, -0.2) is 0 Å². The maximum atomic E-state index is 11.2. The fourth-order valence-electron chi connectivity index (χ4n) is 1.02. The molecule has 0 bridgehead atoms. The molecule has 16 heavy (non-hydrogen) atoms. The van der Waals surface area contributed by atoms with Crippen LogP contribution in [0.15, 0.2) is 18.2 Å². The lowest BCUT2D eigenvalue weighted by molar-refractivity contribution is -0.147. The van der Waals surface area contributed by atoms with Crippen LogP contribution in [0.5, 0.6) is 0 Å². The molecule has 0 aromatic heterocycles. The van der Waals surface area contributed by atoms with Gasteiger partial charge in [-0.3, -0.25) is 9.59 Å². The first kappa shape index (κ1) is 12.8. The van der Waals surface area contributed by atoms with Gasteiger partial charge in [0, 0.05) is 0 Å². The molecule has 0 fully saturated rings. The minimum atomic E-state index is -0.692. The molecule has 0 unspecified atom stereocenters. The first-order valence-corrected chi connectivity index (χ1v) is 5.12. The fraction of sp³-hybridized carbons (Fsp3) is 0.200. The zero-order valence-corrected chi connectivity index (χ0v) is 9.72. The Morgan fingerprint density at radius 3 is 2.50 bits per heavy atom. The Kier molecular flexibility index (Phi) is 4.58. The van der Waals surface area contributed by atoms with E-state index in [-0.39, 0.29) is 6.42 Å². The summed E-state index contributed by atoms with van der Waals surface area (Å²) in [5, 5.41) is 0.776. The van der Waals surface area contributed by atoms with Crippen molar-refractivity contribution in [3.8, 4) is 0 Å². The lowest BCUT2D eigenvalue weighted by Gasteiger charge is -2.03. The van der Waals surface area contributed by atoms with E-state index in [0.717, 1.165) is 0 Å². The third-order valence-electron chi connectivity index (χ3n) is 1.71. The van der Waals surface area contributed by atoms with Gasteiger partial charge in [0.05, 0.1) is 16.5 Å². The second-order valence-electron chi connectivity index (χ2n) is 3.05. The van der Waals surface area contributed by atoms with Crippen LogP contribution in [0.25, 0.3) is 0 Å². The van der Waals surface area contributed by atoms with Gasteiger partial charge < -0.3 is 10.5 Å². The summed E-state index contributed by atoms with van der Waals surface area (Å²) in [5.74, 6) is -1.24. The molecule has 0 aliphatic rings. The standard InChI is InChI=1S/C10H9Cl2NO3/c11-7-2-1-6(3-8(7)12)4-10(15)16-5-9(13)14/h1-3H,4-5H2,(H2,13,14). The maximum absolute atomic E-state index is 11.2. The molecule has 0 atom stereocenters. The molecule has 86 valence electrons. The SMILES string of the molecule is NC(=O)COC(=O)Cc1ccc(Cl)c(Cl)c1. The number of rotatable bonds is 4. The van der Waals surface area contributed by atoms with E-state index in [0.29, 0.717) is 15.6 Å². The molecular formula is C10H9Cl2NO3. The highest BCUT2D eigenvalue weighted by molar-refractivity contribution is 6.42. The zero-order chi connectivity index (χ0) is 12.1. The molecule has 0 aliphatic carbocycles. The fourth-order valence-corrected chi connectivity index (χ4v) is 1.34. The monoisotopic (exact) mass is 261 g/mol. The number of halogens is 2. The topological polar surface area (TPSA) is 69.4 Å². The van der Waals surface area contributed by atoms with Crippen LogP contribution in [-0.2, 0) is 20.7 Å². The van der Waals surface area contributed by atoms with Crippen LogP contribution in [0.2, 0.25) is 10.0 Å². The van der Waals surface area contributed by atoms with E-state index in [1.165, 1.54) is 0 Å². The van der Waals surface area contributed by atoms with E-state index in [9.17, 15) is 9.59 Å². The van der Waals surface area contributed by atoms with Crippen molar-refractivity contribution >= 4 is 35.1 Å². The lowest BCUT2D eigenvalue weighted by atomic mass is 10.1. The first-order valence-electron chi connectivity index (χ1n) is 4.37. The predicted molar refractivity (Wildman–Crippen MR) is 60.3 cm³/mol. The average Bonchev–Trinajstić information content (AvgIpc) is 2.21. The Morgan fingerprint density at radius 1 is 1.25 bits per heavy atom. The van der Waals surface area contributed by atoms with E-state index in [2.05, 4.69) is 4.74 Å². The van der Waals surface area contributed by atoms with E-state index >= 15 is 0 Å². The average molecular weight is 262 g/mol. The van der Waals surface area contributed by atoms with Crippen LogP contribution < -0.4 is 5.73 Å². The zero-order valence-electron chi connectivity index (χ0n) is 8.20. The van der Waals surface area contributed by atoms with Crippen molar-refractivity contribution in [2.24, 2.45) is 5.73 Å². The molecule has 0 saturated carbocycles. The molecule has 1 amide bonds. The molecule has 0 heterocycles. The molecule has 6 heteroatoms. The highest BCUT2D eigenvalue weighted by atomic mass is 35.5. The molecule has 4 nitrogen and oxygen atoms in total. The molecule has 1 aromatic carbocycles. The maximum Gasteiger partial charge on any atom is 0.310 e. The Balaban J connectivity index is 2.56. The molecule has 0 aliphatic heterocycles. The van der Waals surface area contributed by atoms with E-state index in [1.54, 1.807) is 18.2 Å². The van der Waals surface area contributed by atoms with Gasteiger partial charge in [-0.15, -0.1) is 0 Å². The van der Waals surface area contributed by atoms with Crippen molar-refractivity contribution in [3.05, 3.63) is 33.8 Å². The second-order valence-corrected chi connectivity index (χ2v) is 3.87. The summed E-state index contributed by atoms with van der Waals surface area (Å²) < 4.78 is 4.59. The number of hydrogen-bond acceptors (Lipinski definition) is 3. The quantitative estimate of drug-likeness (QED) is 0.837. The van der Waals surface area contributed by atoms with Gasteiger partial charge in [-0.2, -0.15) is 0 Å². The van der Waals surface area contributed by atoms with Gasteiger partial charge in [-0.05, 0) is 17.7 Å². The number of esters is 1. The number of carbonyl (C=O) groups excluding carboxylic acids is 2. The minimum absolute atomic E-state index is 0.0180. The summed E-state index contributed by atoms with van der Waals surface area (Å²) in [5.41, 5.74) is 5.48. The molecule has 0 spiro atoms. The smallest absolute Gasteiger partial charge is 0.310 e.